The maximum atomic E-state index is 13.0. The van der Waals surface area contributed by atoms with Gasteiger partial charge in [0.05, 0.1) is 11.6 Å². The number of carbonyl (C=O) groups is 1. The minimum Gasteiger partial charge on any atom is -0.490 e. The third kappa shape index (κ3) is 5.16. The van der Waals surface area contributed by atoms with Crippen molar-refractivity contribution in [3.8, 4) is 11.5 Å². The van der Waals surface area contributed by atoms with E-state index in [1.54, 1.807) is 17.0 Å². The first-order valence-electron chi connectivity index (χ1n) is 11.1. The van der Waals surface area contributed by atoms with Crippen LogP contribution in [0.5, 0.6) is 11.5 Å². The number of carbonyl (C=O) groups excluding carboxylic acids is 1. The van der Waals surface area contributed by atoms with E-state index in [0.717, 1.165) is 17.9 Å². The average molecular weight is 444 g/mol. The van der Waals surface area contributed by atoms with Crippen molar-refractivity contribution in [3.63, 3.8) is 0 Å². The Labute approximate surface area is 188 Å². The molecule has 5 nitrogen and oxygen atoms in total. The largest absolute Gasteiger partial charge is 0.490 e. The van der Waals surface area contributed by atoms with Crippen LogP contribution in [0.25, 0.3) is 0 Å². The van der Waals surface area contributed by atoms with Crippen LogP contribution < -0.4 is 14.4 Å². The number of halogens is 1. The first-order chi connectivity index (χ1) is 15.0. The summed E-state index contributed by atoms with van der Waals surface area (Å²) in [6.45, 7) is 5.13. The van der Waals surface area contributed by atoms with E-state index in [-0.39, 0.29) is 19.1 Å². The zero-order valence-corrected chi connectivity index (χ0v) is 18.9. The second-order valence-electron chi connectivity index (χ2n) is 8.80. The Hall–Kier alpha value is -2.24. The van der Waals surface area contributed by atoms with Gasteiger partial charge in [0.25, 0.3) is 5.91 Å². The highest BCUT2D eigenvalue weighted by atomic mass is 35.5. The van der Waals surface area contributed by atoms with Crippen molar-refractivity contribution in [3.05, 3.63) is 52.5 Å². The summed E-state index contributed by atoms with van der Waals surface area (Å²) in [5.41, 5.74) is 3.52. The number of rotatable bonds is 9. The molecule has 6 heteroatoms. The molecule has 0 spiro atoms. The molecule has 2 fully saturated rings. The van der Waals surface area contributed by atoms with Gasteiger partial charge in [-0.15, -0.1) is 0 Å². The maximum absolute atomic E-state index is 13.0. The fraction of sp³-hybridized carbons (Fsp3) is 0.480. The van der Waals surface area contributed by atoms with Crippen molar-refractivity contribution in [2.24, 2.45) is 5.92 Å². The molecule has 0 radical (unpaired) electrons. The lowest BCUT2D eigenvalue weighted by Crippen LogP contribution is -2.32. The number of hydrogen-bond acceptors (Lipinski definition) is 4. The molecule has 1 saturated heterocycles. The van der Waals surface area contributed by atoms with Crippen LogP contribution in [0.2, 0.25) is 5.02 Å². The summed E-state index contributed by atoms with van der Waals surface area (Å²) in [5.74, 6) is 2.47. The molecule has 1 heterocycles. The Morgan fingerprint density at radius 1 is 1.16 bits per heavy atom. The molecule has 1 aliphatic carbocycles. The topological polar surface area (TPSA) is 59.0 Å². The van der Waals surface area contributed by atoms with Crippen molar-refractivity contribution < 1.29 is 19.4 Å². The van der Waals surface area contributed by atoms with Crippen LogP contribution in [-0.4, -0.2) is 36.9 Å². The van der Waals surface area contributed by atoms with Crippen molar-refractivity contribution >= 4 is 23.2 Å². The second kappa shape index (κ2) is 9.49. The Morgan fingerprint density at radius 2 is 1.97 bits per heavy atom. The van der Waals surface area contributed by atoms with E-state index in [2.05, 4.69) is 26.0 Å². The molecule has 2 aliphatic rings. The van der Waals surface area contributed by atoms with E-state index >= 15 is 0 Å². The number of nitrogens with zero attached hydrogens (tertiary/aromatic N) is 1. The predicted molar refractivity (Wildman–Crippen MR) is 122 cm³/mol. The fourth-order valence-electron chi connectivity index (χ4n) is 4.18. The van der Waals surface area contributed by atoms with Crippen molar-refractivity contribution in [1.29, 1.82) is 0 Å². The number of benzene rings is 2. The summed E-state index contributed by atoms with van der Waals surface area (Å²) in [5, 5.41) is 9.31. The van der Waals surface area contributed by atoms with E-state index in [1.807, 2.05) is 12.1 Å². The molecule has 31 heavy (non-hydrogen) atoms. The summed E-state index contributed by atoms with van der Waals surface area (Å²) in [6.07, 6.45) is 3.70. The normalized spacial score (nSPS) is 18.7. The summed E-state index contributed by atoms with van der Waals surface area (Å²) in [7, 11) is 0. The quantitative estimate of drug-likeness (QED) is 0.594. The van der Waals surface area contributed by atoms with Gasteiger partial charge in [0.2, 0.25) is 0 Å². The van der Waals surface area contributed by atoms with Gasteiger partial charge in [-0.25, -0.2) is 0 Å². The maximum Gasteiger partial charge on any atom is 0.268 e. The molecule has 1 N–H and O–H groups in total. The molecule has 1 unspecified atom stereocenters. The van der Waals surface area contributed by atoms with Gasteiger partial charge < -0.3 is 19.5 Å². The number of ether oxygens (including phenoxy) is 2. The van der Waals surface area contributed by atoms with E-state index in [9.17, 15) is 4.79 Å². The number of hydrogen-bond donors (Lipinski definition) is 1. The smallest absolute Gasteiger partial charge is 0.268 e. The first kappa shape index (κ1) is 22.0. The van der Waals surface area contributed by atoms with Gasteiger partial charge in [0.15, 0.2) is 6.10 Å². The predicted octanol–water partition coefficient (Wildman–Crippen LogP) is 4.97. The standard InChI is InChI=1S/C25H30ClNO4/c1-16(2)13-18-14-20(6-7-21(18)17-3-4-17)31-24-9-10-27(25(24)29)19-5-8-23(22(26)15-19)30-12-11-28/h5-8,14-17,24,28H,3-4,9-13H2,1-2H3. The molecule has 0 bridgehead atoms. The number of aliphatic hydroxyl groups excluding tert-OH is 1. The van der Waals surface area contributed by atoms with Crippen molar-refractivity contribution in [1.82, 2.24) is 0 Å². The van der Waals surface area contributed by atoms with Gasteiger partial charge in [-0.1, -0.05) is 31.5 Å². The number of amides is 1. The first-order valence-corrected chi connectivity index (χ1v) is 11.5. The van der Waals surface area contributed by atoms with Gasteiger partial charge in [-0.05, 0) is 72.6 Å². The van der Waals surface area contributed by atoms with E-state index in [4.69, 9.17) is 26.2 Å². The van der Waals surface area contributed by atoms with E-state index < -0.39 is 6.10 Å². The van der Waals surface area contributed by atoms with Crippen LogP contribution in [0.3, 0.4) is 0 Å². The van der Waals surface area contributed by atoms with Gasteiger partial charge in [0.1, 0.15) is 18.1 Å². The molecule has 4 rings (SSSR count). The minimum atomic E-state index is -0.497. The summed E-state index contributed by atoms with van der Waals surface area (Å²) >= 11 is 6.29. The van der Waals surface area contributed by atoms with Crippen LogP contribution in [0, 0.1) is 5.92 Å². The lowest BCUT2D eigenvalue weighted by molar-refractivity contribution is -0.122. The van der Waals surface area contributed by atoms with Crippen LogP contribution in [0.15, 0.2) is 36.4 Å². The Balaban J connectivity index is 1.45. The summed E-state index contributed by atoms with van der Waals surface area (Å²) < 4.78 is 11.5. The molecule has 2 aromatic carbocycles. The van der Waals surface area contributed by atoms with Crippen LogP contribution in [0.1, 0.15) is 50.2 Å². The monoisotopic (exact) mass is 443 g/mol. The Kier molecular flexibility index (Phi) is 6.73. The third-order valence-electron chi connectivity index (χ3n) is 5.77. The van der Waals surface area contributed by atoms with Gasteiger partial charge in [-0.3, -0.25) is 4.79 Å². The highest BCUT2D eigenvalue weighted by molar-refractivity contribution is 6.32. The van der Waals surface area contributed by atoms with Crippen LogP contribution in [0.4, 0.5) is 5.69 Å². The molecular formula is C25H30ClNO4. The molecule has 1 atom stereocenters. The number of anilines is 1. The molecule has 1 saturated carbocycles. The minimum absolute atomic E-state index is 0.0585. The van der Waals surface area contributed by atoms with Crippen LogP contribution >= 0.6 is 11.6 Å². The summed E-state index contributed by atoms with van der Waals surface area (Å²) in [6, 6.07) is 11.6. The molecule has 1 amide bonds. The zero-order chi connectivity index (χ0) is 22.0. The third-order valence-corrected chi connectivity index (χ3v) is 6.07. The van der Waals surface area contributed by atoms with Crippen molar-refractivity contribution in [2.75, 3.05) is 24.7 Å². The summed E-state index contributed by atoms with van der Waals surface area (Å²) in [4.78, 5) is 14.7. The SMILES string of the molecule is CC(C)Cc1cc(OC2CCN(c3ccc(OCCO)c(Cl)c3)C2=O)ccc1C1CC1. The molecule has 0 aromatic heterocycles. The van der Waals surface area contributed by atoms with Crippen LogP contribution in [-0.2, 0) is 11.2 Å². The average Bonchev–Trinajstić information content (AvgIpc) is 3.51. The van der Waals surface area contributed by atoms with Gasteiger partial charge in [0, 0.05) is 18.7 Å². The molecule has 166 valence electrons. The highest BCUT2D eigenvalue weighted by Crippen LogP contribution is 2.43. The van der Waals surface area contributed by atoms with Crippen molar-refractivity contribution in [2.45, 2.75) is 51.6 Å². The van der Waals surface area contributed by atoms with Gasteiger partial charge >= 0.3 is 0 Å². The fourth-order valence-corrected chi connectivity index (χ4v) is 4.41. The Morgan fingerprint density at radius 3 is 2.65 bits per heavy atom. The van der Waals surface area contributed by atoms with E-state index in [0.29, 0.717) is 35.6 Å². The lowest BCUT2D eigenvalue weighted by atomic mass is 9.95. The number of aliphatic hydroxyl groups is 1. The second-order valence-corrected chi connectivity index (χ2v) is 9.21. The van der Waals surface area contributed by atoms with E-state index in [1.165, 1.54) is 24.0 Å². The zero-order valence-electron chi connectivity index (χ0n) is 18.1. The highest BCUT2D eigenvalue weighted by Gasteiger charge is 2.35. The lowest BCUT2D eigenvalue weighted by Gasteiger charge is -2.19. The Bertz CT molecular complexity index is 941. The molecule has 1 aliphatic heterocycles. The molecular weight excluding hydrogens is 414 g/mol. The van der Waals surface area contributed by atoms with Gasteiger partial charge in [-0.2, -0.15) is 0 Å². The molecule has 2 aromatic rings.